The van der Waals surface area contributed by atoms with Gasteiger partial charge in [-0.3, -0.25) is 0 Å². The number of aliphatic hydroxyl groups excluding tert-OH is 1. The Balaban J connectivity index is 3.89. The van der Waals surface area contributed by atoms with Gasteiger partial charge in [0.15, 0.2) is 0 Å². The molecule has 80 valence electrons. The highest BCUT2D eigenvalue weighted by atomic mass is 16.3. The predicted octanol–water partition coefficient (Wildman–Crippen LogP) is 0.866. The van der Waals surface area contributed by atoms with Crippen LogP contribution < -0.4 is 11.1 Å². The van der Waals surface area contributed by atoms with Gasteiger partial charge in [0, 0.05) is 18.7 Å². The van der Waals surface area contributed by atoms with E-state index in [1.54, 1.807) is 0 Å². The molecule has 0 aromatic rings. The monoisotopic (exact) mass is 188 g/mol. The van der Waals surface area contributed by atoms with Gasteiger partial charge >= 0.3 is 0 Å². The molecule has 0 fully saturated rings. The molecule has 3 nitrogen and oxygen atoms in total. The van der Waals surface area contributed by atoms with E-state index in [9.17, 15) is 0 Å². The SMILES string of the molecule is CCCC(CC)(CN)NCCCO. The Morgan fingerprint density at radius 1 is 1.38 bits per heavy atom. The standard InChI is InChI=1S/C10H24N2O/c1-3-6-10(4-2,9-11)12-7-5-8-13/h12-13H,3-9,11H2,1-2H3. The Bertz CT molecular complexity index is 113. The summed E-state index contributed by atoms with van der Waals surface area (Å²) in [6.45, 7) is 6.13. The number of hydrogen-bond donors (Lipinski definition) is 3. The quantitative estimate of drug-likeness (QED) is 0.495. The Labute approximate surface area is 81.7 Å². The third-order valence-electron chi connectivity index (χ3n) is 2.63. The molecule has 0 bridgehead atoms. The third-order valence-corrected chi connectivity index (χ3v) is 2.63. The Kier molecular flexibility index (Phi) is 7.23. The molecule has 3 heteroatoms. The smallest absolute Gasteiger partial charge is 0.0443 e. The second-order valence-electron chi connectivity index (χ2n) is 3.59. The number of rotatable bonds is 8. The lowest BCUT2D eigenvalue weighted by Crippen LogP contribution is -2.51. The van der Waals surface area contributed by atoms with Crippen molar-refractivity contribution in [2.75, 3.05) is 19.7 Å². The van der Waals surface area contributed by atoms with E-state index in [1.807, 2.05) is 0 Å². The molecule has 1 atom stereocenters. The minimum atomic E-state index is 0.101. The normalized spacial score (nSPS) is 15.7. The molecular weight excluding hydrogens is 164 g/mol. The molecule has 0 saturated carbocycles. The van der Waals surface area contributed by atoms with Crippen LogP contribution in [0.1, 0.15) is 39.5 Å². The first-order valence-electron chi connectivity index (χ1n) is 5.30. The number of nitrogens with one attached hydrogen (secondary N) is 1. The second kappa shape index (κ2) is 7.30. The lowest BCUT2D eigenvalue weighted by atomic mass is 9.90. The first-order chi connectivity index (χ1) is 6.24. The van der Waals surface area contributed by atoms with Crippen molar-refractivity contribution in [3.8, 4) is 0 Å². The number of aliphatic hydroxyl groups is 1. The summed E-state index contributed by atoms with van der Waals surface area (Å²) in [4.78, 5) is 0. The molecule has 0 aromatic heterocycles. The summed E-state index contributed by atoms with van der Waals surface area (Å²) in [5, 5.41) is 12.1. The van der Waals surface area contributed by atoms with Crippen molar-refractivity contribution in [3.05, 3.63) is 0 Å². The van der Waals surface area contributed by atoms with Gasteiger partial charge in [0.05, 0.1) is 0 Å². The van der Waals surface area contributed by atoms with Gasteiger partial charge in [-0.15, -0.1) is 0 Å². The maximum Gasteiger partial charge on any atom is 0.0443 e. The van der Waals surface area contributed by atoms with Crippen molar-refractivity contribution in [1.82, 2.24) is 5.32 Å². The fraction of sp³-hybridized carbons (Fsp3) is 1.00. The average molecular weight is 188 g/mol. The van der Waals surface area contributed by atoms with Crippen LogP contribution in [0.5, 0.6) is 0 Å². The fourth-order valence-corrected chi connectivity index (χ4v) is 1.62. The molecule has 0 saturated heterocycles. The number of hydrogen-bond acceptors (Lipinski definition) is 3. The molecule has 0 aliphatic rings. The summed E-state index contributed by atoms with van der Waals surface area (Å²) in [7, 11) is 0. The van der Waals surface area contributed by atoms with Gasteiger partial charge in [0.25, 0.3) is 0 Å². The lowest BCUT2D eigenvalue weighted by Gasteiger charge is -2.32. The largest absolute Gasteiger partial charge is 0.396 e. The van der Waals surface area contributed by atoms with Crippen LogP contribution in [0.25, 0.3) is 0 Å². The maximum absolute atomic E-state index is 8.67. The molecular formula is C10H24N2O. The van der Waals surface area contributed by atoms with Crippen molar-refractivity contribution in [1.29, 1.82) is 0 Å². The molecule has 13 heavy (non-hydrogen) atoms. The second-order valence-corrected chi connectivity index (χ2v) is 3.59. The van der Waals surface area contributed by atoms with Gasteiger partial charge in [0.1, 0.15) is 0 Å². The summed E-state index contributed by atoms with van der Waals surface area (Å²) in [5.74, 6) is 0. The van der Waals surface area contributed by atoms with Crippen molar-refractivity contribution in [3.63, 3.8) is 0 Å². The Morgan fingerprint density at radius 3 is 2.46 bits per heavy atom. The Morgan fingerprint density at radius 2 is 2.08 bits per heavy atom. The van der Waals surface area contributed by atoms with Crippen molar-refractivity contribution in [2.24, 2.45) is 5.73 Å². The molecule has 0 aliphatic heterocycles. The van der Waals surface area contributed by atoms with E-state index in [-0.39, 0.29) is 12.1 Å². The summed E-state index contributed by atoms with van der Waals surface area (Å²) < 4.78 is 0. The van der Waals surface area contributed by atoms with E-state index < -0.39 is 0 Å². The topological polar surface area (TPSA) is 58.3 Å². The van der Waals surface area contributed by atoms with Crippen molar-refractivity contribution in [2.45, 2.75) is 45.1 Å². The van der Waals surface area contributed by atoms with Crippen LogP contribution in [0.4, 0.5) is 0 Å². The van der Waals surface area contributed by atoms with Gasteiger partial charge in [-0.2, -0.15) is 0 Å². The average Bonchev–Trinajstić information content (AvgIpc) is 2.17. The predicted molar refractivity (Wildman–Crippen MR) is 56.7 cm³/mol. The maximum atomic E-state index is 8.67. The van der Waals surface area contributed by atoms with Gasteiger partial charge in [0.2, 0.25) is 0 Å². The zero-order valence-corrected chi connectivity index (χ0v) is 8.97. The van der Waals surface area contributed by atoms with E-state index >= 15 is 0 Å². The first kappa shape index (κ1) is 12.9. The van der Waals surface area contributed by atoms with E-state index in [0.29, 0.717) is 6.54 Å². The van der Waals surface area contributed by atoms with E-state index in [1.165, 1.54) is 0 Å². The van der Waals surface area contributed by atoms with Crippen LogP contribution >= 0.6 is 0 Å². The molecule has 0 radical (unpaired) electrons. The molecule has 0 amide bonds. The van der Waals surface area contributed by atoms with Gasteiger partial charge in [-0.1, -0.05) is 20.3 Å². The summed E-state index contributed by atoms with van der Waals surface area (Å²) in [6.07, 6.45) is 4.14. The molecule has 4 N–H and O–H groups in total. The highest BCUT2D eigenvalue weighted by Gasteiger charge is 2.23. The van der Waals surface area contributed by atoms with E-state index in [0.717, 1.165) is 32.2 Å². The molecule has 1 unspecified atom stereocenters. The highest BCUT2D eigenvalue weighted by Crippen LogP contribution is 2.15. The zero-order valence-electron chi connectivity index (χ0n) is 8.97. The third kappa shape index (κ3) is 4.60. The van der Waals surface area contributed by atoms with Crippen LogP contribution in [-0.2, 0) is 0 Å². The van der Waals surface area contributed by atoms with Crippen LogP contribution in [0.3, 0.4) is 0 Å². The van der Waals surface area contributed by atoms with Gasteiger partial charge < -0.3 is 16.2 Å². The minimum absolute atomic E-state index is 0.101. The molecule has 0 aromatic carbocycles. The van der Waals surface area contributed by atoms with Crippen molar-refractivity contribution >= 4 is 0 Å². The molecule has 0 heterocycles. The summed E-state index contributed by atoms with van der Waals surface area (Å²) >= 11 is 0. The fourth-order valence-electron chi connectivity index (χ4n) is 1.62. The number of nitrogens with two attached hydrogens (primary N) is 1. The van der Waals surface area contributed by atoms with E-state index in [4.69, 9.17) is 10.8 Å². The summed E-state index contributed by atoms with van der Waals surface area (Å²) in [5.41, 5.74) is 5.86. The minimum Gasteiger partial charge on any atom is -0.396 e. The molecule has 0 aliphatic carbocycles. The first-order valence-corrected chi connectivity index (χ1v) is 5.30. The lowest BCUT2D eigenvalue weighted by molar-refractivity contribution is 0.255. The van der Waals surface area contributed by atoms with Crippen LogP contribution in [0, 0.1) is 0 Å². The van der Waals surface area contributed by atoms with Crippen LogP contribution in [0.2, 0.25) is 0 Å². The molecule has 0 rings (SSSR count). The van der Waals surface area contributed by atoms with Crippen molar-refractivity contribution < 1.29 is 5.11 Å². The van der Waals surface area contributed by atoms with E-state index in [2.05, 4.69) is 19.2 Å². The van der Waals surface area contributed by atoms with Gasteiger partial charge in [-0.25, -0.2) is 0 Å². The van der Waals surface area contributed by atoms with Gasteiger partial charge in [-0.05, 0) is 25.8 Å². The zero-order chi connectivity index (χ0) is 10.2. The Hall–Kier alpha value is -0.120. The highest BCUT2D eigenvalue weighted by molar-refractivity contribution is 4.87. The molecule has 0 spiro atoms. The van der Waals surface area contributed by atoms with Crippen LogP contribution in [-0.4, -0.2) is 30.3 Å². The van der Waals surface area contributed by atoms with Crippen LogP contribution in [0.15, 0.2) is 0 Å². The summed E-state index contributed by atoms with van der Waals surface area (Å²) in [6, 6.07) is 0.